The molecule has 0 aromatic heterocycles. The fraction of sp³-hybridized carbons (Fsp3) is 0.864. The first kappa shape index (κ1) is 28.7. The lowest BCUT2D eigenvalue weighted by Crippen LogP contribution is -2.34. The zero-order valence-corrected chi connectivity index (χ0v) is 19.6. The highest BCUT2D eigenvalue weighted by molar-refractivity contribution is 7.99. The summed E-state index contributed by atoms with van der Waals surface area (Å²) in [6.45, 7) is 4.27. The minimum Gasteiger partial charge on any atom is -0.480 e. The van der Waals surface area contributed by atoms with E-state index in [-0.39, 0.29) is 24.3 Å². The number of unbranched alkanes of at least 4 members (excludes halogenated alkanes) is 8. The summed E-state index contributed by atoms with van der Waals surface area (Å²) in [6.07, 6.45) is 10.5. The zero-order chi connectivity index (χ0) is 22.6. The summed E-state index contributed by atoms with van der Waals surface area (Å²) >= 11 is 1.28. The van der Waals surface area contributed by atoms with Crippen LogP contribution in [-0.2, 0) is 23.9 Å². The number of rotatable bonds is 20. The molecule has 0 amide bonds. The van der Waals surface area contributed by atoms with Crippen molar-refractivity contribution < 1.29 is 29.0 Å². The van der Waals surface area contributed by atoms with Crippen molar-refractivity contribution in [2.75, 3.05) is 18.1 Å². The Balaban J connectivity index is 4.33. The van der Waals surface area contributed by atoms with Gasteiger partial charge in [-0.2, -0.15) is 11.8 Å². The second-order valence-electron chi connectivity index (χ2n) is 7.61. The molecule has 0 aromatic carbocycles. The molecule has 30 heavy (non-hydrogen) atoms. The van der Waals surface area contributed by atoms with Crippen molar-refractivity contribution in [1.82, 2.24) is 0 Å². The van der Waals surface area contributed by atoms with Gasteiger partial charge in [-0.15, -0.1) is 0 Å². The molecule has 0 bridgehead atoms. The standard InChI is InChI=1S/C22H41NO6S/c1-3-5-7-9-11-13-20(24)28-15-18(16-30-17-19(23)22(26)27)29-21(25)14-12-10-8-6-4-2/h18-19H,3-17,23H2,1-2H3,(H,26,27)/t18?,19-/m0/s1. The van der Waals surface area contributed by atoms with Crippen LogP contribution in [0.15, 0.2) is 0 Å². The molecule has 0 spiro atoms. The number of aliphatic carboxylic acids is 1. The van der Waals surface area contributed by atoms with Crippen molar-refractivity contribution in [1.29, 1.82) is 0 Å². The van der Waals surface area contributed by atoms with Gasteiger partial charge < -0.3 is 20.3 Å². The van der Waals surface area contributed by atoms with E-state index in [4.69, 9.17) is 20.3 Å². The SMILES string of the molecule is CCCCCCCC(=O)OCC(CSC[C@H](N)C(=O)O)OC(=O)CCCCCCC. The van der Waals surface area contributed by atoms with Gasteiger partial charge in [-0.3, -0.25) is 14.4 Å². The summed E-state index contributed by atoms with van der Waals surface area (Å²) in [5.74, 6) is -1.13. The van der Waals surface area contributed by atoms with Crippen molar-refractivity contribution in [2.45, 2.75) is 103 Å². The first-order valence-corrected chi connectivity index (χ1v) is 12.5. The predicted octanol–water partition coefficient (Wildman–Crippen LogP) is 4.31. The number of carbonyl (C=O) groups is 3. The molecular formula is C22H41NO6S. The highest BCUT2D eigenvalue weighted by Gasteiger charge is 2.19. The first-order chi connectivity index (χ1) is 14.4. The van der Waals surface area contributed by atoms with Crippen LogP contribution in [-0.4, -0.2) is 53.3 Å². The van der Waals surface area contributed by atoms with Gasteiger partial charge in [-0.05, 0) is 12.8 Å². The number of hydrogen-bond donors (Lipinski definition) is 2. The summed E-state index contributed by atoms with van der Waals surface area (Å²) in [5, 5.41) is 8.87. The minimum absolute atomic E-state index is 0.00925. The summed E-state index contributed by atoms with van der Waals surface area (Å²) in [5.41, 5.74) is 5.51. The lowest BCUT2D eigenvalue weighted by molar-refractivity contribution is -0.157. The number of esters is 2. The first-order valence-electron chi connectivity index (χ1n) is 11.3. The summed E-state index contributed by atoms with van der Waals surface area (Å²) < 4.78 is 10.8. The fourth-order valence-electron chi connectivity index (χ4n) is 2.76. The van der Waals surface area contributed by atoms with Crippen LogP contribution in [0.3, 0.4) is 0 Å². The van der Waals surface area contributed by atoms with E-state index in [1.165, 1.54) is 18.2 Å². The van der Waals surface area contributed by atoms with E-state index in [1.54, 1.807) is 0 Å². The van der Waals surface area contributed by atoms with Crippen LogP contribution in [0, 0.1) is 0 Å². The Labute approximate surface area is 185 Å². The van der Waals surface area contributed by atoms with Crippen molar-refractivity contribution in [3.63, 3.8) is 0 Å². The van der Waals surface area contributed by atoms with Crippen molar-refractivity contribution >= 4 is 29.7 Å². The van der Waals surface area contributed by atoms with Crippen LogP contribution < -0.4 is 5.73 Å². The fourth-order valence-corrected chi connectivity index (χ4v) is 3.72. The maximum absolute atomic E-state index is 12.1. The molecule has 8 heteroatoms. The summed E-state index contributed by atoms with van der Waals surface area (Å²) in [7, 11) is 0. The van der Waals surface area contributed by atoms with Crippen molar-refractivity contribution in [2.24, 2.45) is 5.73 Å². The molecule has 1 unspecified atom stereocenters. The highest BCUT2D eigenvalue weighted by Crippen LogP contribution is 2.12. The summed E-state index contributed by atoms with van der Waals surface area (Å²) in [4.78, 5) is 34.9. The number of thioether (sulfide) groups is 1. The molecule has 0 aliphatic rings. The molecule has 7 nitrogen and oxygen atoms in total. The molecule has 0 heterocycles. The van der Waals surface area contributed by atoms with Crippen molar-refractivity contribution in [3.05, 3.63) is 0 Å². The molecule has 0 radical (unpaired) electrons. The maximum Gasteiger partial charge on any atom is 0.321 e. The number of ether oxygens (including phenoxy) is 2. The third-order valence-corrected chi connectivity index (χ3v) is 5.82. The van der Waals surface area contributed by atoms with Gasteiger partial charge in [-0.25, -0.2) is 0 Å². The van der Waals surface area contributed by atoms with Crippen LogP contribution in [0.1, 0.15) is 90.9 Å². The van der Waals surface area contributed by atoms with Gasteiger partial charge in [0.05, 0.1) is 0 Å². The highest BCUT2D eigenvalue weighted by atomic mass is 32.2. The third kappa shape index (κ3) is 17.6. The second kappa shape index (κ2) is 19.7. The molecule has 0 saturated carbocycles. The Kier molecular flexibility index (Phi) is 18.8. The Morgan fingerprint density at radius 3 is 1.90 bits per heavy atom. The molecule has 2 atom stereocenters. The van der Waals surface area contributed by atoms with E-state index >= 15 is 0 Å². The van der Waals surface area contributed by atoms with E-state index in [1.807, 2.05) is 0 Å². The van der Waals surface area contributed by atoms with Gasteiger partial charge >= 0.3 is 17.9 Å². The molecular weight excluding hydrogens is 406 g/mol. The van der Waals surface area contributed by atoms with E-state index in [2.05, 4.69) is 13.8 Å². The lowest BCUT2D eigenvalue weighted by Gasteiger charge is -2.18. The molecule has 0 fully saturated rings. The molecule has 0 aromatic rings. The van der Waals surface area contributed by atoms with E-state index in [0.717, 1.165) is 57.8 Å². The second-order valence-corrected chi connectivity index (χ2v) is 8.68. The maximum atomic E-state index is 12.1. The van der Waals surface area contributed by atoms with Crippen molar-refractivity contribution in [3.8, 4) is 0 Å². The van der Waals surface area contributed by atoms with Gasteiger partial charge in [0.2, 0.25) is 0 Å². The van der Waals surface area contributed by atoms with Gasteiger partial charge in [0.1, 0.15) is 18.8 Å². The minimum atomic E-state index is -1.07. The topological polar surface area (TPSA) is 116 Å². The zero-order valence-electron chi connectivity index (χ0n) is 18.7. The lowest BCUT2D eigenvalue weighted by atomic mass is 10.1. The van der Waals surface area contributed by atoms with Crippen LogP contribution in [0.4, 0.5) is 0 Å². The van der Waals surface area contributed by atoms with E-state index in [9.17, 15) is 14.4 Å². The van der Waals surface area contributed by atoms with E-state index < -0.39 is 18.1 Å². The number of hydrogen-bond acceptors (Lipinski definition) is 7. The molecule has 0 aliphatic carbocycles. The number of carbonyl (C=O) groups excluding carboxylic acids is 2. The largest absolute Gasteiger partial charge is 0.480 e. The molecule has 3 N–H and O–H groups in total. The number of nitrogens with two attached hydrogens (primary N) is 1. The van der Waals surface area contributed by atoms with Crippen LogP contribution in [0.2, 0.25) is 0 Å². The van der Waals surface area contributed by atoms with Gasteiger partial charge in [-0.1, -0.05) is 65.2 Å². The van der Waals surface area contributed by atoms with Crippen LogP contribution >= 0.6 is 11.8 Å². The Morgan fingerprint density at radius 1 is 0.833 bits per heavy atom. The third-order valence-electron chi connectivity index (χ3n) is 4.62. The Bertz CT molecular complexity index is 475. The van der Waals surface area contributed by atoms with E-state index in [0.29, 0.717) is 18.6 Å². The number of carboxylic acids is 1. The van der Waals surface area contributed by atoms with Gasteiger partial charge in [0.25, 0.3) is 0 Å². The monoisotopic (exact) mass is 447 g/mol. The normalized spacial score (nSPS) is 12.9. The molecule has 0 aliphatic heterocycles. The average Bonchev–Trinajstić information content (AvgIpc) is 2.71. The molecule has 0 saturated heterocycles. The van der Waals surface area contributed by atoms with Crippen LogP contribution in [0.25, 0.3) is 0 Å². The smallest absolute Gasteiger partial charge is 0.321 e. The summed E-state index contributed by atoms with van der Waals surface area (Å²) in [6, 6.07) is -0.976. The molecule has 0 rings (SSSR count). The number of carboxylic acid groups (broad SMARTS) is 1. The quantitative estimate of drug-likeness (QED) is 0.209. The Morgan fingerprint density at radius 2 is 1.37 bits per heavy atom. The Hall–Kier alpha value is -1.28. The van der Waals surface area contributed by atoms with Gasteiger partial charge in [0.15, 0.2) is 0 Å². The molecule has 176 valence electrons. The van der Waals surface area contributed by atoms with Crippen LogP contribution in [0.5, 0.6) is 0 Å². The average molecular weight is 448 g/mol. The van der Waals surface area contributed by atoms with Gasteiger partial charge in [0, 0.05) is 24.3 Å². The predicted molar refractivity (Wildman–Crippen MR) is 121 cm³/mol.